The molecule has 0 saturated carbocycles. The van der Waals surface area contributed by atoms with Crippen molar-refractivity contribution in [2.75, 3.05) is 25.2 Å². The molecule has 0 fully saturated rings. The van der Waals surface area contributed by atoms with E-state index in [1.54, 1.807) is 36.3 Å². The van der Waals surface area contributed by atoms with Crippen LogP contribution in [-0.4, -0.2) is 52.1 Å². The number of ether oxygens (including phenoxy) is 1. The fraction of sp³-hybridized carbons (Fsp3) is 0.240. The number of rotatable bonds is 9. The molecule has 0 radical (unpaired) electrons. The van der Waals surface area contributed by atoms with E-state index in [1.165, 1.54) is 4.90 Å². The first-order chi connectivity index (χ1) is 16.6. The largest absolute Gasteiger partial charge is 0.383 e. The van der Waals surface area contributed by atoms with Gasteiger partial charge in [0.05, 0.1) is 24.0 Å². The third-order valence-corrected chi connectivity index (χ3v) is 5.49. The Morgan fingerprint density at radius 3 is 2.65 bits per heavy atom. The maximum Gasteiger partial charge on any atom is 0.249 e. The zero-order valence-corrected chi connectivity index (χ0v) is 19.1. The lowest BCUT2D eigenvalue weighted by Gasteiger charge is -2.32. The highest BCUT2D eigenvalue weighted by Gasteiger charge is 2.34. The van der Waals surface area contributed by atoms with Crippen LogP contribution in [0, 0.1) is 6.92 Å². The normalized spacial score (nSPS) is 11.8. The minimum atomic E-state index is -0.912. The van der Waals surface area contributed by atoms with Crippen molar-refractivity contribution < 1.29 is 14.3 Å². The minimum Gasteiger partial charge on any atom is -0.383 e. The first-order valence-electron chi connectivity index (χ1n) is 10.9. The van der Waals surface area contributed by atoms with E-state index in [0.29, 0.717) is 24.4 Å². The predicted octanol–water partition coefficient (Wildman–Crippen LogP) is 2.67. The van der Waals surface area contributed by atoms with Crippen molar-refractivity contribution in [2.45, 2.75) is 19.5 Å². The average molecular weight is 459 g/mol. The fourth-order valence-corrected chi connectivity index (χ4v) is 3.84. The standard InChI is InChI=1S/C25H26N6O3/c1-18-8-3-4-10-20(18)24(25(33)27-14-15-34-2)31(19-9-7-13-26-16-19)23(32)17-30-22-12-6-5-11-21(22)28-29-30/h3-13,16,24H,14-15,17H2,1-2H3,(H,27,33)/t24-/m1/s1. The summed E-state index contributed by atoms with van der Waals surface area (Å²) in [5, 5.41) is 11.2. The van der Waals surface area contributed by atoms with Crippen LogP contribution in [0.25, 0.3) is 11.0 Å². The van der Waals surface area contributed by atoms with Gasteiger partial charge >= 0.3 is 0 Å². The Labute approximate surface area is 197 Å². The fourth-order valence-electron chi connectivity index (χ4n) is 3.84. The summed E-state index contributed by atoms with van der Waals surface area (Å²) in [5.74, 6) is -0.634. The van der Waals surface area contributed by atoms with Gasteiger partial charge in [0, 0.05) is 19.9 Å². The summed E-state index contributed by atoms with van der Waals surface area (Å²) in [4.78, 5) is 33.0. The highest BCUT2D eigenvalue weighted by atomic mass is 16.5. The molecule has 4 rings (SSSR count). The van der Waals surface area contributed by atoms with Crippen molar-refractivity contribution in [1.82, 2.24) is 25.3 Å². The van der Waals surface area contributed by atoms with Gasteiger partial charge < -0.3 is 10.1 Å². The predicted molar refractivity (Wildman–Crippen MR) is 128 cm³/mol. The molecule has 0 spiro atoms. The Morgan fingerprint density at radius 2 is 1.88 bits per heavy atom. The molecule has 0 bridgehead atoms. The van der Waals surface area contributed by atoms with Crippen molar-refractivity contribution in [1.29, 1.82) is 0 Å². The molecule has 9 nitrogen and oxygen atoms in total. The average Bonchev–Trinajstić information content (AvgIpc) is 3.26. The molecule has 1 N–H and O–H groups in total. The number of carbonyl (C=O) groups excluding carboxylic acids is 2. The molecular formula is C25H26N6O3. The third-order valence-electron chi connectivity index (χ3n) is 5.49. The van der Waals surface area contributed by atoms with E-state index in [4.69, 9.17) is 4.74 Å². The van der Waals surface area contributed by atoms with Gasteiger partial charge in [-0.25, -0.2) is 4.68 Å². The number of amides is 2. The summed E-state index contributed by atoms with van der Waals surface area (Å²) in [6.45, 7) is 2.50. The summed E-state index contributed by atoms with van der Waals surface area (Å²) >= 11 is 0. The van der Waals surface area contributed by atoms with E-state index in [2.05, 4.69) is 20.6 Å². The Morgan fingerprint density at radius 1 is 1.09 bits per heavy atom. The first-order valence-corrected chi connectivity index (χ1v) is 10.9. The van der Waals surface area contributed by atoms with Crippen LogP contribution in [0.5, 0.6) is 0 Å². The number of fused-ring (bicyclic) bond motifs is 1. The zero-order chi connectivity index (χ0) is 23.9. The molecule has 0 saturated heterocycles. The second-order valence-electron chi connectivity index (χ2n) is 7.75. The maximum atomic E-state index is 13.8. The molecular weight excluding hydrogens is 432 g/mol. The van der Waals surface area contributed by atoms with Gasteiger partial charge in [0.25, 0.3) is 0 Å². The van der Waals surface area contributed by atoms with Crippen molar-refractivity contribution in [3.05, 3.63) is 84.2 Å². The second-order valence-corrected chi connectivity index (χ2v) is 7.75. The van der Waals surface area contributed by atoms with E-state index in [-0.39, 0.29) is 18.4 Å². The number of methoxy groups -OCH3 is 1. The number of anilines is 1. The van der Waals surface area contributed by atoms with Crippen LogP contribution in [0.3, 0.4) is 0 Å². The lowest BCUT2D eigenvalue weighted by molar-refractivity contribution is -0.127. The van der Waals surface area contributed by atoms with Crippen molar-refractivity contribution in [3.63, 3.8) is 0 Å². The lowest BCUT2D eigenvalue weighted by Crippen LogP contribution is -2.46. The number of nitrogens with zero attached hydrogens (tertiary/aromatic N) is 5. The number of pyridine rings is 1. The van der Waals surface area contributed by atoms with E-state index < -0.39 is 6.04 Å². The molecule has 2 amide bonds. The highest BCUT2D eigenvalue weighted by molar-refractivity contribution is 6.01. The summed E-state index contributed by atoms with van der Waals surface area (Å²) in [6, 6.07) is 17.5. The first kappa shape index (κ1) is 23.1. The number of benzene rings is 2. The van der Waals surface area contributed by atoms with E-state index in [9.17, 15) is 9.59 Å². The van der Waals surface area contributed by atoms with Gasteiger partial charge in [0.15, 0.2) is 0 Å². The Kier molecular flexibility index (Phi) is 7.24. The number of aryl methyl sites for hydroxylation is 1. The summed E-state index contributed by atoms with van der Waals surface area (Å²) in [5.41, 5.74) is 3.54. The highest BCUT2D eigenvalue weighted by Crippen LogP contribution is 2.30. The molecule has 4 aromatic rings. The topological polar surface area (TPSA) is 102 Å². The van der Waals surface area contributed by atoms with Crippen LogP contribution in [0.2, 0.25) is 0 Å². The Bertz CT molecular complexity index is 1270. The van der Waals surface area contributed by atoms with Gasteiger partial charge in [-0.1, -0.05) is 41.6 Å². The zero-order valence-electron chi connectivity index (χ0n) is 19.1. The molecule has 0 aliphatic carbocycles. The molecule has 2 heterocycles. The van der Waals surface area contributed by atoms with Crippen molar-refractivity contribution in [3.8, 4) is 0 Å². The smallest absolute Gasteiger partial charge is 0.249 e. The number of hydrogen-bond acceptors (Lipinski definition) is 6. The minimum absolute atomic E-state index is 0.0941. The number of nitrogens with one attached hydrogen (secondary N) is 1. The van der Waals surface area contributed by atoms with Gasteiger partial charge in [-0.2, -0.15) is 0 Å². The van der Waals surface area contributed by atoms with Crippen molar-refractivity contribution in [2.24, 2.45) is 0 Å². The van der Waals surface area contributed by atoms with Crippen LogP contribution in [0.1, 0.15) is 17.2 Å². The second kappa shape index (κ2) is 10.7. The van der Waals surface area contributed by atoms with Gasteiger partial charge in [0.1, 0.15) is 18.1 Å². The van der Waals surface area contributed by atoms with Gasteiger partial charge in [0.2, 0.25) is 11.8 Å². The van der Waals surface area contributed by atoms with Crippen LogP contribution < -0.4 is 10.2 Å². The van der Waals surface area contributed by atoms with Crippen LogP contribution in [-0.2, 0) is 20.9 Å². The number of hydrogen-bond donors (Lipinski definition) is 1. The van der Waals surface area contributed by atoms with Crippen LogP contribution in [0.4, 0.5) is 5.69 Å². The molecule has 2 aromatic carbocycles. The quantitative estimate of drug-likeness (QED) is 0.387. The summed E-state index contributed by atoms with van der Waals surface area (Å²) < 4.78 is 6.62. The van der Waals surface area contributed by atoms with Crippen LogP contribution in [0.15, 0.2) is 73.1 Å². The van der Waals surface area contributed by atoms with Gasteiger partial charge in [-0.3, -0.25) is 19.5 Å². The Balaban J connectivity index is 1.77. The monoisotopic (exact) mass is 458 g/mol. The Hall–Kier alpha value is -4.11. The molecule has 2 aromatic heterocycles. The number of para-hydroxylation sites is 1. The lowest BCUT2D eigenvalue weighted by atomic mass is 9.98. The van der Waals surface area contributed by atoms with E-state index >= 15 is 0 Å². The van der Waals surface area contributed by atoms with Gasteiger partial charge in [-0.15, -0.1) is 5.10 Å². The molecule has 174 valence electrons. The van der Waals surface area contributed by atoms with E-state index in [1.807, 2.05) is 55.5 Å². The van der Waals surface area contributed by atoms with Crippen molar-refractivity contribution >= 4 is 28.5 Å². The van der Waals surface area contributed by atoms with E-state index in [0.717, 1.165) is 16.6 Å². The molecule has 9 heteroatoms. The molecule has 34 heavy (non-hydrogen) atoms. The number of aromatic nitrogens is 4. The third kappa shape index (κ3) is 4.94. The van der Waals surface area contributed by atoms with Crippen LogP contribution >= 0.6 is 0 Å². The molecule has 0 aliphatic rings. The SMILES string of the molecule is COCCNC(=O)[C@@H](c1ccccc1C)N(C(=O)Cn1nnc2ccccc21)c1cccnc1. The molecule has 0 unspecified atom stereocenters. The van der Waals surface area contributed by atoms with Gasteiger partial charge in [-0.05, 0) is 42.3 Å². The number of carbonyl (C=O) groups is 2. The summed E-state index contributed by atoms with van der Waals surface area (Å²) in [7, 11) is 1.57. The molecule has 0 aliphatic heterocycles. The molecule has 1 atom stereocenters. The maximum absolute atomic E-state index is 13.8. The summed E-state index contributed by atoms with van der Waals surface area (Å²) in [6.07, 6.45) is 3.20.